The molecule has 4 atom stereocenters. The lowest BCUT2D eigenvalue weighted by Crippen LogP contribution is -2.32. The van der Waals surface area contributed by atoms with Crippen LogP contribution in [0.2, 0.25) is 0 Å². The number of imide groups is 1. The van der Waals surface area contributed by atoms with Gasteiger partial charge in [-0.25, -0.2) is 4.90 Å². The van der Waals surface area contributed by atoms with E-state index in [1.54, 1.807) is 24.3 Å². The topological polar surface area (TPSA) is 37.4 Å². The second-order valence-corrected chi connectivity index (χ2v) is 5.71. The van der Waals surface area contributed by atoms with E-state index in [1.807, 2.05) is 0 Å². The minimum atomic E-state index is -0.160. The zero-order valence-electron chi connectivity index (χ0n) is 10.8. The van der Waals surface area contributed by atoms with E-state index in [0.717, 1.165) is 6.42 Å². The third-order valence-electron chi connectivity index (χ3n) is 4.74. The molecule has 1 saturated carbocycles. The summed E-state index contributed by atoms with van der Waals surface area (Å²) in [4.78, 5) is 26.5. The van der Waals surface area contributed by atoms with E-state index in [0.29, 0.717) is 11.3 Å². The molecule has 2 amide bonds. The average molecular weight is 263 g/mol. The molecule has 0 spiro atoms. The maximum Gasteiger partial charge on any atom is 0.238 e. The number of amides is 2. The summed E-state index contributed by atoms with van der Waals surface area (Å²) in [7, 11) is 0. The van der Waals surface area contributed by atoms with Crippen LogP contribution in [0.4, 0.5) is 5.69 Å². The molecule has 1 aromatic carbocycles. The van der Waals surface area contributed by atoms with Crippen molar-refractivity contribution in [3.8, 4) is 12.3 Å². The van der Waals surface area contributed by atoms with Gasteiger partial charge in [-0.3, -0.25) is 9.59 Å². The standard InChI is InChI=1S/C17H13NO2/c1-2-10-4-3-5-13(8-10)18-16(19)14-11-6-7-12(9-11)15(14)17(18)20/h1,3-8,11-12,14-15H,9H2/t11-,12+,14-,15+. The van der Waals surface area contributed by atoms with Crippen molar-refractivity contribution in [3.63, 3.8) is 0 Å². The van der Waals surface area contributed by atoms with Crippen LogP contribution in [0.15, 0.2) is 36.4 Å². The van der Waals surface area contributed by atoms with Crippen LogP contribution >= 0.6 is 0 Å². The lowest BCUT2D eigenvalue weighted by molar-refractivity contribution is -0.123. The zero-order valence-corrected chi connectivity index (χ0v) is 10.8. The number of allylic oxidation sites excluding steroid dienone is 2. The van der Waals surface area contributed by atoms with Crippen molar-refractivity contribution in [2.24, 2.45) is 23.7 Å². The fourth-order valence-electron chi connectivity index (χ4n) is 3.89. The largest absolute Gasteiger partial charge is 0.274 e. The Balaban J connectivity index is 1.76. The number of anilines is 1. The monoisotopic (exact) mass is 263 g/mol. The van der Waals surface area contributed by atoms with Gasteiger partial charge >= 0.3 is 0 Å². The molecule has 0 aromatic heterocycles. The van der Waals surface area contributed by atoms with Gasteiger partial charge in [-0.1, -0.05) is 24.1 Å². The third kappa shape index (κ3) is 1.31. The van der Waals surface area contributed by atoms with Crippen molar-refractivity contribution in [2.75, 3.05) is 4.90 Å². The molecule has 98 valence electrons. The first-order chi connectivity index (χ1) is 9.70. The molecular formula is C17H13NO2. The fraction of sp³-hybridized carbons (Fsp3) is 0.294. The van der Waals surface area contributed by atoms with Crippen LogP contribution in [0.3, 0.4) is 0 Å². The number of terminal acetylenes is 1. The maximum atomic E-state index is 12.6. The van der Waals surface area contributed by atoms with Gasteiger partial charge < -0.3 is 0 Å². The van der Waals surface area contributed by atoms with Gasteiger partial charge in [0.05, 0.1) is 17.5 Å². The Morgan fingerprint density at radius 2 is 1.75 bits per heavy atom. The molecule has 0 radical (unpaired) electrons. The Morgan fingerprint density at radius 3 is 2.35 bits per heavy atom. The molecule has 2 fully saturated rings. The lowest BCUT2D eigenvalue weighted by atomic mass is 9.85. The molecule has 2 bridgehead atoms. The summed E-state index contributed by atoms with van der Waals surface area (Å²) >= 11 is 0. The highest BCUT2D eigenvalue weighted by molar-refractivity contribution is 6.22. The predicted octanol–water partition coefficient (Wildman–Crippen LogP) is 1.98. The Morgan fingerprint density at radius 1 is 1.10 bits per heavy atom. The molecular weight excluding hydrogens is 250 g/mol. The van der Waals surface area contributed by atoms with E-state index in [1.165, 1.54) is 4.90 Å². The lowest BCUT2D eigenvalue weighted by Gasteiger charge is -2.17. The van der Waals surface area contributed by atoms with E-state index in [-0.39, 0.29) is 35.5 Å². The number of fused-ring (bicyclic) bond motifs is 5. The number of carbonyl (C=O) groups excluding carboxylic acids is 2. The van der Waals surface area contributed by atoms with Gasteiger partial charge in [0.1, 0.15) is 0 Å². The van der Waals surface area contributed by atoms with Crippen molar-refractivity contribution in [2.45, 2.75) is 6.42 Å². The Labute approximate surface area is 117 Å². The summed E-state index contributed by atoms with van der Waals surface area (Å²) in [5.41, 5.74) is 1.28. The van der Waals surface area contributed by atoms with E-state index in [2.05, 4.69) is 18.1 Å². The number of benzene rings is 1. The first-order valence-corrected chi connectivity index (χ1v) is 6.83. The molecule has 20 heavy (non-hydrogen) atoms. The number of hydrogen-bond donors (Lipinski definition) is 0. The highest BCUT2D eigenvalue weighted by atomic mass is 16.2. The van der Waals surface area contributed by atoms with Gasteiger partial charge in [-0.2, -0.15) is 0 Å². The SMILES string of the molecule is C#Cc1cccc(N2C(=O)[C@@H]3[C@H](C2=O)[C@@H]2C=C[C@H]3C2)c1. The second-order valence-electron chi connectivity index (χ2n) is 5.71. The third-order valence-corrected chi connectivity index (χ3v) is 4.74. The van der Waals surface area contributed by atoms with Gasteiger partial charge in [0, 0.05) is 5.56 Å². The van der Waals surface area contributed by atoms with Crippen LogP contribution in [0.1, 0.15) is 12.0 Å². The minimum absolute atomic E-state index is 0.0639. The number of nitrogens with zero attached hydrogens (tertiary/aromatic N) is 1. The average Bonchev–Trinajstić information content (AvgIpc) is 3.13. The predicted molar refractivity (Wildman–Crippen MR) is 74.6 cm³/mol. The van der Waals surface area contributed by atoms with E-state index in [4.69, 9.17) is 6.42 Å². The minimum Gasteiger partial charge on any atom is -0.274 e. The van der Waals surface area contributed by atoms with Crippen LogP contribution in [0.25, 0.3) is 0 Å². The highest BCUT2D eigenvalue weighted by Crippen LogP contribution is 2.53. The first kappa shape index (κ1) is 11.5. The van der Waals surface area contributed by atoms with Crippen LogP contribution in [0.5, 0.6) is 0 Å². The smallest absolute Gasteiger partial charge is 0.238 e. The van der Waals surface area contributed by atoms with Gasteiger partial charge in [0.2, 0.25) is 11.8 Å². The fourth-order valence-corrected chi connectivity index (χ4v) is 3.89. The van der Waals surface area contributed by atoms with E-state index < -0.39 is 0 Å². The number of rotatable bonds is 1. The molecule has 0 N–H and O–H groups in total. The molecule has 1 heterocycles. The van der Waals surface area contributed by atoms with E-state index >= 15 is 0 Å². The molecule has 1 aliphatic heterocycles. The molecule has 2 aliphatic carbocycles. The maximum absolute atomic E-state index is 12.6. The van der Waals surface area contributed by atoms with Gasteiger partial charge in [-0.15, -0.1) is 6.42 Å². The quantitative estimate of drug-likeness (QED) is 0.441. The second kappa shape index (κ2) is 3.83. The molecule has 3 nitrogen and oxygen atoms in total. The molecule has 3 heteroatoms. The summed E-state index contributed by atoms with van der Waals surface area (Å²) in [5, 5.41) is 0. The Kier molecular flexibility index (Phi) is 2.20. The highest BCUT2D eigenvalue weighted by Gasteiger charge is 2.59. The number of hydrogen-bond acceptors (Lipinski definition) is 2. The van der Waals surface area contributed by atoms with Crippen molar-refractivity contribution < 1.29 is 9.59 Å². The van der Waals surface area contributed by atoms with Crippen LogP contribution < -0.4 is 4.90 Å². The Hall–Kier alpha value is -2.34. The van der Waals surface area contributed by atoms with Gasteiger partial charge in [-0.05, 0) is 36.5 Å². The van der Waals surface area contributed by atoms with Crippen molar-refractivity contribution >= 4 is 17.5 Å². The zero-order chi connectivity index (χ0) is 13.9. The van der Waals surface area contributed by atoms with Gasteiger partial charge in [0.15, 0.2) is 0 Å². The normalized spacial score (nSPS) is 33.6. The molecule has 1 aromatic rings. The molecule has 4 rings (SSSR count). The van der Waals surface area contributed by atoms with Gasteiger partial charge in [0.25, 0.3) is 0 Å². The van der Waals surface area contributed by atoms with Crippen LogP contribution in [0, 0.1) is 36.0 Å². The van der Waals surface area contributed by atoms with Crippen molar-refractivity contribution in [1.82, 2.24) is 0 Å². The molecule has 3 aliphatic rings. The van der Waals surface area contributed by atoms with Crippen LogP contribution in [-0.4, -0.2) is 11.8 Å². The van der Waals surface area contributed by atoms with E-state index in [9.17, 15) is 9.59 Å². The summed E-state index contributed by atoms with van der Waals surface area (Å²) in [6.07, 6.45) is 10.5. The van der Waals surface area contributed by atoms with Crippen molar-refractivity contribution in [3.05, 3.63) is 42.0 Å². The summed E-state index contributed by atoms with van der Waals surface area (Å²) in [6, 6.07) is 7.08. The summed E-state index contributed by atoms with van der Waals surface area (Å²) in [5.74, 6) is 2.57. The summed E-state index contributed by atoms with van der Waals surface area (Å²) in [6.45, 7) is 0. The first-order valence-electron chi connectivity index (χ1n) is 6.83. The molecule has 1 saturated heterocycles. The number of carbonyl (C=O) groups is 2. The van der Waals surface area contributed by atoms with Crippen LogP contribution in [-0.2, 0) is 9.59 Å². The molecule has 0 unspecified atom stereocenters. The summed E-state index contributed by atoms with van der Waals surface area (Å²) < 4.78 is 0. The Bertz CT molecular complexity index is 667. The van der Waals surface area contributed by atoms with Crippen molar-refractivity contribution in [1.29, 1.82) is 0 Å².